The molecule has 0 N–H and O–H groups in total. The molecular formula is C38H66O7Si. The average Bonchev–Trinajstić information content (AvgIpc) is 2.99. The average molecular weight is 663 g/mol. The van der Waals surface area contributed by atoms with Crippen molar-refractivity contribution in [1.29, 1.82) is 0 Å². The molecule has 1 aromatic carbocycles. The Labute approximate surface area is 281 Å². The third-order valence-corrected chi connectivity index (χ3v) is 15.7. The molecule has 0 aromatic heterocycles. The maximum atomic E-state index is 11.8. The van der Waals surface area contributed by atoms with Gasteiger partial charge in [0.25, 0.3) is 0 Å². The van der Waals surface area contributed by atoms with Gasteiger partial charge in [0.2, 0.25) is 0 Å². The van der Waals surface area contributed by atoms with Crippen LogP contribution >= 0.6 is 0 Å². The first kappa shape index (κ1) is 39.1. The van der Waals surface area contributed by atoms with Crippen LogP contribution in [0.5, 0.6) is 5.75 Å². The molecule has 2 aliphatic rings. The van der Waals surface area contributed by atoms with Crippen molar-refractivity contribution in [2.24, 2.45) is 35.5 Å². The lowest BCUT2D eigenvalue weighted by Crippen LogP contribution is -2.55. The maximum Gasteiger partial charge on any atom is 0.192 e. The predicted molar refractivity (Wildman–Crippen MR) is 187 cm³/mol. The van der Waals surface area contributed by atoms with Gasteiger partial charge in [0.05, 0.1) is 31.5 Å². The van der Waals surface area contributed by atoms with Gasteiger partial charge in [0.15, 0.2) is 20.4 Å². The maximum absolute atomic E-state index is 11.8. The molecule has 0 unspecified atom stereocenters. The van der Waals surface area contributed by atoms with Crippen LogP contribution < -0.4 is 4.74 Å². The predicted octanol–water partition coefficient (Wildman–Crippen LogP) is 9.20. The topological polar surface area (TPSA) is 72.5 Å². The Kier molecular flexibility index (Phi) is 13.2. The lowest BCUT2D eigenvalue weighted by atomic mass is 9.75. The largest absolute Gasteiger partial charge is 0.497 e. The molecular weight excluding hydrogens is 596 g/mol. The molecule has 2 heterocycles. The molecule has 0 spiro atoms. The zero-order chi connectivity index (χ0) is 34.8. The number of carbonyl (C=O) groups is 1. The molecule has 7 nitrogen and oxygen atoms in total. The molecule has 0 saturated carbocycles. The van der Waals surface area contributed by atoms with E-state index in [9.17, 15) is 4.79 Å². The van der Waals surface area contributed by atoms with E-state index < -0.39 is 20.4 Å². The van der Waals surface area contributed by atoms with Crippen molar-refractivity contribution in [2.75, 3.05) is 7.11 Å². The van der Waals surface area contributed by atoms with Crippen LogP contribution in [0.4, 0.5) is 0 Å². The summed E-state index contributed by atoms with van der Waals surface area (Å²) in [4.78, 5) is 11.8. The van der Waals surface area contributed by atoms with Crippen LogP contribution in [-0.4, -0.2) is 58.0 Å². The zero-order valence-electron chi connectivity index (χ0n) is 31.6. The van der Waals surface area contributed by atoms with Crippen LogP contribution in [0.3, 0.4) is 0 Å². The molecule has 0 radical (unpaired) electrons. The van der Waals surface area contributed by atoms with Gasteiger partial charge < -0.3 is 32.9 Å². The fraction of sp³-hybridized carbons (Fsp3) is 0.816. The normalized spacial score (nSPS) is 32.2. The van der Waals surface area contributed by atoms with Gasteiger partial charge in [0, 0.05) is 35.3 Å². The van der Waals surface area contributed by atoms with Gasteiger partial charge in [-0.3, -0.25) is 0 Å². The summed E-state index contributed by atoms with van der Waals surface area (Å²) in [7, 11) is -0.310. The van der Waals surface area contributed by atoms with Gasteiger partial charge in [-0.25, -0.2) is 0 Å². The molecule has 0 aliphatic carbocycles. The van der Waals surface area contributed by atoms with Gasteiger partial charge in [-0.2, -0.15) is 0 Å². The minimum Gasteiger partial charge on any atom is -0.497 e. The molecule has 3 rings (SSSR count). The molecule has 46 heavy (non-hydrogen) atoms. The summed E-state index contributed by atoms with van der Waals surface area (Å²) in [6.07, 6.45) is 2.15. The van der Waals surface area contributed by atoms with Crippen molar-refractivity contribution in [3.63, 3.8) is 0 Å². The zero-order valence-corrected chi connectivity index (χ0v) is 32.6. The Morgan fingerprint density at radius 1 is 0.891 bits per heavy atom. The molecule has 8 heteroatoms. The summed E-state index contributed by atoms with van der Waals surface area (Å²) in [5.41, 5.74) is 0.988. The molecule has 12 atom stereocenters. The van der Waals surface area contributed by atoms with Gasteiger partial charge in [-0.1, -0.05) is 81.4 Å². The highest BCUT2D eigenvalue weighted by Crippen LogP contribution is 2.45. The van der Waals surface area contributed by atoms with Crippen molar-refractivity contribution < 1.29 is 32.9 Å². The number of aldehydes is 1. The molecule has 0 amide bonds. The fourth-order valence-corrected chi connectivity index (χ4v) is 8.98. The number of hydrogen-bond acceptors (Lipinski definition) is 7. The quantitative estimate of drug-likeness (QED) is 0.154. The van der Waals surface area contributed by atoms with E-state index >= 15 is 0 Å². The summed E-state index contributed by atoms with van der Waals surface area (Å²) < 4.78 is 39.1. The standard InChI is InChI=1S/C38H66O7Si/c1-16-31(45-46(14,15)37(8,9)10)26(5)35-27(6)32(41-36(42-35)29-17-19-30(40-13)20-18-29)23(2)21-24(3)33-28(7)34(25(4)22-39)44-38(11,12)43-33/h17-20,22-28,31-36H,16,21H2,1-15H3/t23-,24+,25-,26+,27+,28-,31-,32+,33+,34-,35+,36-/m1/s1. The highest BCUT2D eigenvalue weighted by Gasteiger charge is 2.49. The highest BCUT2D eigenvalue weighted by molar-refractivity contribution is 6.74. The van der Waals surface area contributed by atoms with Crippen molar-refractivity contribution in [3.05, 3.63) is 29.8 Å². The number of ether oxygens (including phenoxy) is 5. The lowest BCUT2D eigenvalue weighted by molar-refractivity contribution is -0.333. The number of benzene rings is 1. The molecule has 2 fully saturated rings. The highest BCUT2D eigenvalue weighted by atomic mass is 28.4. The van der Waals surface area contributed by atoms with Crippen molar-refractivity contribution in [2.45, 2.75) is 157 Å². The summed E-state index contributed by atoms with van der Waals surface area (Å²) in [5, 5.41) is 0.127. The van der Waals surface area contributed by atoms with Crippen molar-refractivity contribution >= 4 is 14.6 Å². The second-order valence-electron chi connectivity index (χ2n) is 16.5. The summed E-state index contributed by atoms with van der Waals surface area (Å²) >= 11 is 0. The molecule has 2 saturated heterocycles. The first-order chi connectivity index (χ1) is 21.3. The fourth-order valence-electron chi connectivity index (χ4n) is 7.49. The Balaban J connectivity index is 1.90. The minimum absolute atomic E-state index is 0.0334. The second-order valence-corrected chi connectivity index (χ2v) is 21.2. The van der Waals surface area contributed by atoms with Gasteiger partial charge in [-0.05, 0) is 68.8 Å². The van der Waals surface area contributed by atoms with Gasteiger partial charge >= 0.3 is 0 Å². The van der Waals surface area contributed by atoms with E-state index in [1.807, 2.05) is 45.0 Å². The van der Waals surface area contributed by atoms with Crippen LogP contribution in [0.2, 0.25) is 18.1 Å². The van der Waals surface area contributed by atoms with E-state index in [-0.39, 0.29) is 71.1 Å². The van der Waals surface area contributed by atoms with Crippen molar-refractivity contribution in [3.8, 4) is 5.75 Å². The molecule has 264 valence electrons. The molecule has 2 aliphatic heterocycles. The smallest absolute Gasteiger partial charge is 0.192 e. The lowest BCUT2D eigenvalue weighted by Gasteiger charge is -2.50. The summed E-state index contributed by atoms with van der Waals surface area (Å²) in [5.74, 6) is 0.729. The molecule has 1 aromatic rings. The third kappa shape index (κ3) is 9.03. The Morgan fingerprint density at radius 2 is 1.41 bits per heavy atom. The number of rotatable bonds is 13. The Hall–Kier alpha value is -1.29. The van der Waals surface area contributed by atoms with Crippen molar-refractivity contribution in [1.82, 2.24) is 0 Å². The van der Waals surface area contributed by atoms with E-state index in [1.54, 1.807) is 7.11 Å². The minimum atomic E-state index is -1.99. The SMILES string of the molecule is CC[C@@H](O[Si](C)(C)C(C)(C)C)[C@H](C)[C@@H]1O[C@H](c2ccc(OC)cc2)O[C@@H]([C@H](C)C[C@H](C)[C@@H]2OC(C)(C)O[C@H]([C@H](C)C=O)[C@@H]2C)[C@@H]1C. The van der Waals surface area contributed by atoms with Crippen LogP contribution in [-0.2, 0) is 28.2 Å². The van der Waals surface area contributed by atoms with Crippen LogP contribution in [0.1, 0.15) is 108 Å². The molecule has 0 bridgehead atoms. The van der Waals surface area contributed by atoms with Crippen LogP contribution in [0.25, 0.3) is 0 Å². The van der Waals surface area contributed by atoms with E-state index in [4.69, 9.17) is 28.1 Å². The second kappa shape index (κ2) is 15.5. The van der Waals surface area contributed by atoms with E-state index in [2.05, 4.69) is 75.4 Å². The summed E-state index contributed by atoms with van der Waals surface area (Å²) in [6.45, 7) is 31.0. The Morgan fingerprint density at radius 3 is 1.93 bits per heavy atom. The van der Waals surface area contributed by atoms with Crippen LogP contribution in [0.15, 0.2) is 24.3 Å². The first-order valence-electron chi connectivity index (χ1n) is 17.7. The first-order valence-corrected chi connectivity index (χ1v) is 20.6. The Bertz CT molecular complexity index is 1100. The third-order valence-electron chi connectivity index (χ3n) is 11.2. The van der Waals surface area contributed by atoms with Gasteiger partial charge in [-0.15, -0.1) is 0 Å². The van der Waals surface area contributed by atoms with E-state index in [0.717, 1.165) is 30.4 Å². The van der Waals surface area contributed by atoms with E-state index in [1.165, 1.54) is 0 Å². The van der Waals surface area contributed by atoms with Gasteiger partial charge in [0.1, 0.15) is 12.0 Å². The number of methoxy groups -OCH3 is 1. The number of carbonyl (C=O) groups excluding carboxylic acids is 1. The van der Waals surface area contributed by atoms with Crippen LogP contribution in [0, 0.1) is 35.5 Å². The number of hydrogen-bond donors (Lipinski definition) is 0. The summed E-state index contributed by atoms with van der Waals surface area (Å²) in [6, 6.07) is 8.03. The van der Waals surface area contributed by atoms with E-state index in [0.29, 0.717) is 0 Å². The monoisotopic (exact) mass is 662 g/mol.